The third-order valence-electron chi connectivity index (χ3n) is 3.69. The van der Waals surface area contributed by atoms with E-state index in [1.165, 1.54) is 0 Å². The molecule has 1 aliphatic heterocycles. The second-order valence-electron chi connectivity index (χ2n) is 5.41. The highest BCUT2D eigenvalue weighted by molar-refractivity contribution is 14.0. The topological polar surface area (TPSA) is 77.0 Å². The number of nitrogens with one attached hydrogen (secondary N) is 2. The quantitative estimate of drug-likeness (QED) is 0.384. The Bertz CT molecular complexity index is 755. The van der Waals surface area contributed by atoms with Gasteiger partial charge in [-0.15, -0.1) is 24.0 Å². The van der Waals surface area contributed by atoms with E-state index in [2.05, 4.69) is 20.6 Å². The van der Waals surface area contributed by atoms with Gasteiger partial charge in [0.1, 0.15) is 0 Å². The molecule has 0 amide bonds. The fourth-order valence-corrected chi connectivity index (χ4v) is 2.47. The zero-order valence-corrected chi connectivity index (χ0v) is 17.2. The number of nitrogens with zero attached hydrogens (tertiary/aromatic N) is 2. The number of pyridine rings is 1. The van der Waals surface area contributed by atoms with Crippen LogP contribution in [0.15, 0.2) is 41.5 Å². The van der Waals surface area contributed by atoms with Crippen molar-refractivity contribution in [1.29, 1.82) is 0 Å². The Morgan fingerprint density at radius 2 is 2.08 bits per heavy atom. The summed E-state index contributed by atoms with van der Waals surface area (Å²) in [6, 6.07) is 9.72. The predicted octanol–water partition coefficient (Wildman–Crippen LogP) is 2.69. The summed E-state index contributed by atoms with van der Waals surface area (Å²) >= 11 is 0. The van der Waals surface area contributed by atoms with E-state index >= 15 is 0 Å². The number of benzene rings is 1. The molecule has 0 aliphatic carbocycles. The number of fused-ring (bicyclic) bond motifs is 1. The third-order valence-corrected chi connectivity index (χ3v) is 3.69. The molecular weight excluding hydrogens is 447 g/mol. The van der Waals surface area contributed by atoms with E-state index < -0.39 is 0 Å². The lowest BCUT2D eigenvalue weighted by molar-refractivity contribution is 0.174. The first-order valence-electron chi connectivity index (χ1n) is 8.18. The highest BCUT2D eigenvalue weighted by Gasteiger charge is 2.13. The van der Waals surface area contributed by atoms with Gasteiger partial charge in [-0.2, -0.15) is 0 Å². The summed E-state index contributed by atoms with van der Waals surface area (Å²) in [5, 5.41) is 6.53. The first kappa shape index (κ1) is 20.1. The van der Waals surface area contributed by atoms with Crippen LogP contribution >= 0.6 is 24.0 Å². The average Bonchev–Trinajstić information content (AvgIpc) is 3.12. The molecule has 0 bridgehead atoms. The van der Waals surface area contributed by atoms with Crippen LogP contribution in [-0.2, 0) is 13.1 Å². The molecule has 0 unspecified atom stereocenters. The second-order valence-corrected chi connectivity index (χ2v) is 5.41. The fraction of sp³-hybridized carbons (Fsp3) is 0.333. The summed E-state index contributed by atoms with van der Waals surface area (Å²) in [7, 11) is 1.62. The van der Waals surface area contributed by atoms with Crippen LogP contribution in [0.4, 0.5) is 0 Å². The lowest BCUT2D eigenvalue weighted by Gasteiger charge is -2.13. The van der Waals surface area contributed by atoms with Crippen LogP contribution < -0.4 is 24.8 Å². The molecule has 3 rings (SSSR count). The van der Waals surface area contributed by atoms with Crippen LogP contribution in [0.3, 0.4) is 0 Å². The summed E-state index contributed by atoms with van der Waals surface area (Å²) in [4.78, 5) is 8.82. The van der Waals surface area contributed by atoms with Crippen molar-refractivity contribution < 1.29 is 14.2 Å². The highest BCUT2D eigenvalue weighted by atomic mass is 127. The van der Waals surface area contributed by atoms with E-state index in [1.807, 2.05) is 37.3 Å². The van der Waals surface area contributed by atoms with Gasteiger partial charge in [0.25, 0.3) is 0 Å². The Kier molecular flexibility index (Phi) is 7.76. The molecule has 0 atom stereocenters. The average molecular weight is 470 g/mol. The molecule has 7 nitrogen and oxygen atoms in total. The van der Waals surface area contributed by atoms with Crippen molar-refractivity contribution in [2.75, 3.05) is 20.4 Å². The minimum atomic E-state index is 0. The van der Waals surface area contributed by atoms with Crippen molar-refractivity contribution in [3.63, 3.8) is 0 Å². The van der Waals surface area contributed by atoms with Gasteiger partial charge in [0.2, 0.25) is 12.7 Å². The number of methoxy groups -OCH3 is 1. The fourth-order valence-electron chi connectivity index (χ4n) is 2.47. The first-order chi connectivity index (χ1) is 12.3. The maximum absolute atomic E-state index is 5.40. The molecule has 1 aromatic heterocycles. The number of hydrogen-bond acceptors (Lipinski definition) is 5. The van der Waals surface area contributed by atoms with Crippen LogP contribution in [0.25, 0.3) is 0 Å². The van der Waals surface area contributed by atoms with Crippen molar-refractivity contribution in [2.24, 2.45) is 4.99 Å². The molecule has 0 spiro atoms. The van der Waals surface area contributed by atoms with E-state index in [1.54, 1.807) is 13.3 Å². The van der Waals surface area contributed by atoms with Gasteiger partial charge < -0.3 is 24.8 Å². The lowest BCUT2D eigenvalue weighted by atomic mass is 10.2. The minimum Gasteiger partial charge on any atom is -0.481 e. The molecule has 1 aromatic carbocycles. The SMILES string of the molecule is CCNC(=NCc1ccc2c(c1)OCO2)NCc1cccnc1OC.I. The molecule has 2 aromatic rings. The minimum absolute atomic E-state index is 0. The highest BCUT2D eigenvalue weighted by Crippen LogP contribution is 2.32. The first-order valence-corrected chi connectivity index (χ1v) is 8.18. The Morgan fingerprint density at radius 3 is 2.88 bits per heavy atom. The smallest absolute Gasteiger partial charge is 0.231 e. The Labute approximate surface area is 170 Å². The summed E-state index contributed by atoms with van der Waals surface area (Å²) in [6.45, 7) is 4.19. The largest absolute Gasteiger partial charge is 0.481 e. The van der Waals surface area contributed by atoms with E-state index in [-0.39, 0.29) is 30.8 Å². The van der Waals surface area contributed by atoms with Gasteiger partial charge in [-0.05, 0) is 30.7 Å². The van der Waals surface area contributed by atoms with E-state index in [4.69, 9.17) is 14.2 Å². The maximum atomic E-state index is 5.40. The van der Waals surface area contributed by atoms with Gasteiger partial charge in [-0.25, -0.2) is 9.98 Å². The normalized spacial score (nSPS) is 12.3. The summed E-state index contributed by atoms with van der Waals surface area (Å²) in [5.74, 6) is 2.89. The summed E-state index contributed by atoms with van der Waals surface area (Å²) in [5.41, 5.74) is 2.03. The molecule has 0 radical (unpaired) electrons. The summed E-state index contributed by atoms with van der Waals surface area (Å²) < 4.78 is 16.0. The lowest BCUT2D eigenvalue weighted by Crippen LogP contribution is -2.36. The Balaban J connectivity index is 0.00000243. The molecule has 0 fully saturated rings. The number of halogens is 1. The van der Waals surface area contributed by atoms with Gasteiger partial charge in [-0.3, -0.25) is 0 Å². The van der Waals surface area contributed by atoms with Gasteiger partial charge in [0, 0.05) is 24.8 Å². The van der Waals surface area contributed by atoms with Crippen LogP contribution in [-0.4, -0.2) is 31.4 Å². The summed E-state index contributed by atoms with van der Waals surface area (Å²) in [6.07, 6.45) is 1.71. The third kappa shape index (κ3) is 5.13. The molecule has 0 saturated heterocycles. The van der Waals surface area contributed by atoms with Crippen LogP contribution in [0, 0.1) is 0 Å². The van der Waals surface area contributed by atoms with Crippen molar-refractivity contribution in [1.82, 2.24) is 15.6 Å². The standard InChI is InChI=1S/C18H22N4O3.HI/c1-3-19-18(22-11-14-5-4-8-20-17(14)23-2)21-10-13-6-7-15-16(9-13)25-12-24-15;/h4-9H,3,10-12H2,1-2H3,(H2,19,21,22);1H. The molecule has 8 heteroatoms. The monoisotopic (exact) mass is 470 g/mol. The van der Waals surface area contributed by atoms with Gasteiger partial charge in [0.15, 0.2) is 17.5 Å². The molecule has 26 heavy (non-hydrogen) atoms. The van der Waals surface area contributed by atoms with Gasteiger partial charge in [0.05, 0.1) is 13.7 Å². The van der Waals surface area contributed by atoms with Crippen LogP contribution in [0.2, 0.25) is 0 Å². The van der Waals surface area contributed by atoms with Gasteiger partial charge >= 0.3 is 0 Å². The number of rotatable bonds is 6. The predicted molar refractivity (Wildman–Crippen MR) is 110 cm³/mol. The number of aliphatic imine (C=N–C) groups is 1. The van der Waals surface area contributed by atoms with Crippen LogP contribution in [0.1, 0.15) is 18.1 Å². The Morgan fingerprint density at radius 1 is 1.23 bits per heavy atom. The maximum Gasteiger partial charge on any atom is 0.231 e. The van der Waals surface area contributed by atoms with E-state index in [9.17, 15) is 0 Å². The molecular formula is C18H23IN4O3. The van der Waals surface area contributed by atoms with E-state index in [0.717, 1.165) is 35.1 Å². The molecule has 1 aliphatic rings. The Hall–Kier alpha value is -2.23. The second kappa shape index (κ2) is 10.0. The van der Waals surface area contributed by atoms with Crippen molar-refractivity contribution in [3.8, 4) is 17.4 Å². The molecule has 2 heterocycles. The van der Waals surface area contributed by atoms with E-state index in [0.29, 0.717) is 19.0 Å². The zero-order valence-electron chi connectivity index (χ0n) is 14.8. The number of hydrogen-bond donors (Lipinski definition) is 2. The zero-order chi connectivity index (χ0) is 17.5. The molecule has 0 saturated carbocycles. The number of aromatic nitrogens is 1. The van der Waals surface area contributed by atoms with Crippen molar-refractivity contribution >= 4 is 29.9 Å². The van der Waals surface area contributed by atoms with Crippen molar-refractivity contribution in [2.45, 2.75) is 20.0 Å². The number of guanidine groups is 1. The number of ether oxygens (including phenoxy) is 3. The van der Waals surface area contributed by atoms with Crippen LogP contribution in [0.5, 0.6) is 17.4 Å². The molecule has 140 valence electrons. The van der Waals surface area contributed by atoms with Gasteiger partial charge in [-0.1, -0.05) is 12.1 Å². The molecule has 2 N–H and O–H groups in total. The van der Waals surface area contributed by atoms with Crippen molar-refractivity contribution in [3.05, 3.63) is 47.7 Å².